The highest BCUT2D eigenvalue weighted by Gasteiger charge is 2.11. The SMILES string of the molecule is CN(C)C(=O)CN(C)c1ccc(/C=C/C(=O)O)cc1Br. The Labute approximate surface area is 126 Å². The Balaban J connectivity index is 2.87. The molecule has 20 heavy (non-hydrogen) atoms. The van der Waals surface area contributed by atoms with Crippen LogP contribution in [0.1, 0.15) is 5.56 Å². The van der Waals surface area contributed by atoms with Gasteiger partial charge in [0.2, 0.25) is 5.91 Å². The van der Waals surface area contributed by atoms with Crippen LogP contribution in [0, 0.1) is 0 Å². The van der Waals surface area contributed by atoms with E-state index in [0.717, 1.165) is 21.8 Å². The van der Waals surface area contributed by atoms with Crippen molar-refractivity contribution in [2.75, 3.05) is 32.6 Å². The van der Waals surface area contributed by atoms with Crippen LogP contribution in [0.15, 0.2) is 28.7 Å². The van der Waals surface area contributed by atoms with Gasteiger partial charge in [-0.25, -0.2) is 4.79 Å². The molecule has 6 heteroatoms. The minimum atomic E-state index is -0.987. The van der Waals surface area contributed by atoms with Gasteiger partial charge in [0.15, 0.2) is 0 Å². The second-order valence-electron chi connectivity index (χ2n) is 4.53. The number of carboxylic acid groups (broad SMARTS) is 1. The Kier molecular flexibility index (Phi) is 5.76. The van der Waals surface area contributed by atoms with Gasteiger partial charge in [0.25, 0.3) is 0 Å². The molecule has 0 heterocycles. The summed E-state index contributed by atoms with van der Waals surface area (Å²) in [5.41, 5.74) is 1.64. The molecule has 108 valence electrons. The Hall–Kier alpha value is -1.82. The van der Waals surface area contributed by atoms with Gasteiger partial charge in [-0.05, 0) is 39.7 Å². The van der Waals surface area contributed by atoms with Gasteiger partial charge in [0.05, 0.1) is 12.2 Å². The molecule has 0 aromatic heterocycles. The Morgan fingerprint density at radius 3 is 2.45 bits per heavy atom. The number of nitrogens with zero attached hydrogens (tertiary/aromatic N) is 2. The molecule has 0 bridgehead atoms. The van der Waals surface area contributed by atoms with E-state index in [2.05, 4.69) is 15.9 Å². The molecule has 0 aliphatic rings. The lowest BCUT2D eigenvalue weighted by molar-refractivity contribution is -0.131. The predicted octanol–water partition coefficient (Wildman–Crippen LogP) is 2.07. The predicted molar refractivity (Wildman–Crippen MR) is 82.8 cm³/mol. The zero-order chi connectivity index (χ0) is 15.3. The molecule has 1 amide bonds. The summed E-state index contributed by atoms with van der Waals surface area (Å²) in [6.45, 7) is 0.274. The number of amides is 1. The molecule has 5 nitrogen and oxygen atoms in total. The van der Waals surface area contributed by atoms with Crippen LogP contribution in [-0.4, -0.2) is 49.6 Å². The largest absolute Gasteiger partial charge is 0.478 e. The fraction of sp³-hybridized carbons (Fsp3) is 0.286. The summed E-state index contributed by atoms with van der Waals surface area (Å²) in [7, 11) is 5.25. The maximum Gasteiger partial charge on any atom is 0.328 e. The molecule has 1 rings (SSSR count). The van der Waals surface area contributed by atoms with E-state index >= 15 is 0 Å². The molecule has 0 atom stereocenters. The highest BCUT2D eigenvalue weighted by Crippen LogP contribution is 2.27. The lowest BCUT2D eigenvalue weighted by Crippen LogP contribution is -2.34. The summed E-state index contributed by atoms with van der Waals surface area (Å²) in [6, 6.07) is 5.45. The summed E-state index contributed by atoms with van der Waals surface area (Å²) < 4.78 is 0.805. The molecule has 1 aromatic carbocycles. The van der Waals surface area contributed by atoms with Crippen LogP contribution in [0.5, 0.6) is 0 Å². The average molecular weight is 341 g/mol. The van der Waals surface area contributed by atoms with Gasteiger partial charge < -0.3 is 14.9 Å². The first kappa shape index (κ1) is 16.2. The summed E-state index contributed by atoms with van der Waals surface area (Å²) >= 11 is 3.43. The lowest BCUT2D eigenvalue weighted by Gasteiger charge is -2.22. The van der Waals surface area contributed by atoms with Gasteiger partial charge >= 0.3 is 5.97 Å². The first-order chi connectivity index (χ1) is 9.31. The fourth-order valence-electron chi connectivity index (χ4n) is 1.53. The molecule has 0 aliphatic carbocycles. The number of likely N-dealkylation sites (N-methyl/N-ethyl adjacent to an activating group) is 2. The molecule has 0 radical (unpaired) electrons. The van der Waals surface area contributed by atoms with Crippen LogP contribution in [0.2, 0.25) is 0 Å². The molecule has 0 saturated heterocycles. The van der Waals surface area contributed by atoms with E-state index < -0.39 is 5.97 Å². The smallest absolute Gasteiger partial charge is 0.328 e. The summed E-state index contributed by atoms with van der Waals surface area (Å²) in [4.78, 5) is 25.5. The maximum atomic E-state index is 11.7. The van der Waals surface area contributed by atoms with Gasteiger partial charge in [-0.1, -0.05) is 6.07 Å². The summed E-state index contributed by atoms with van der Waals surface area (Å²) in [6.07, 6.45) is 2.60. The topological polar surface area (TPSA) is 60.9 Å². The Morgan fingerprint density at radius 2 is 1.95 bits per heavy atom. The number of benzene rings is 1. The number of hydrogen-bond acceptors (Lipinski definition) is 3. The Morgan fingerprint density at radius 1 is 1.30 bits per heavy atom. The van der Waals surface area contributed by atoms with Gasteiger partial charge in [-0.2, -0.15) is 0 Å². The van der Waals surface area contributed by atoms with E-state index in [1.165, 1.54) is 11.0 Å². The van der Waals surface area contributed by atoms with Crippen LogP contribution in [0.4, 0.5) is 5.69 Å². The molecular formula is C14H17BrN2O3. The molecule has 1 aromatic rings. The highest BCUT2D eigenvalue weighted by molar-refractivity contribution is 9.10. The number of carboxylic acids is 1. The standard InChI is InChI=1S/C14H17BrN2O3/c1-16(2)13(18)9-17(3)12-6-4-10(8-11(12)15)5-7-14(19)20/h4-8H,9H2,1-3H3,(H,19,20)/b7-5+. The third kappa shape index (κ3) is 4.70. The summed E-state index contributed by atoms with van der Waals surface area (Å²) in [5.74, 6) is -0.979. The van der Waals surface area contributed by atoms with Crippen molar-refractivity contribution in [3.63, 3.8) is 0 Å². The summed E-state index contributed by atoms with van der Waals surface area (Å²) in [5, 5.41) is 8.59. The molecule has 0 saturated carbocycles. The van der Waals surface area contributed by atoms with Crippen LogP contribution in [-0.2, 0) is 9.59 Å². The van der Waals surface area contributed by atoms with E-state index in [0.29, 0.717) is 0 Å². The number of carbonyl (C=O) groups is 2. The fourth-order valence-corrected chi connectivity index (χ4v) is 2.23. The van der Waals surface area contributed by atoms with Crippen LogP contribution in [0.3, 0.4) is 0 Å². The second kappa shape index (κ2) is 7.09. The minimum Gasteiger partial charge on any atom is -0.478 e. The normalized spacial score (nSPS) is 10.6. The number of carbonyl (C=O) groups excluding carboxylic acids is 1. The minimum absolute atomic E-state index is 0.00856. The zero-order valence-corrected chi connectivity index (χ0v) is 13.2. The third-order valence-electron chi connectivity index (χ3n) is 2.67. The van der Waals surface area contributed by atoms with E-state index in [9.17, 15) is 9.59 Å². The molecule has 1 N–H and O–H groups in total. The van der Waals surface area contributed by atoms with Crippen LogP contribution in [0.25, 0.3) is 6.08 Å². The first-order valence-corrected chi connectivity index (χ1v) is 6.72. The van der Waals surface area contributed by atoms with Crippen molar-refractivity contribution in [1.82, 2.24) is 4.90 Å². The average Bonchev–Trinajstić information content (AvgIpc) is 2.35. The van der Waals surface area contributed by atoms with Gasteiger partial charge in [-0.3, -0.25) is 4.79 Å². The van der Waals surface area contributed by atoms with E-state index in [4.69, 9.17) is 5.11 Å². The van der Waals surface area contributed by atoms with Crippen molar-refractivity contribution in [1.29, 1.82) is 0 Å². The molecule has 0 aliphatic heterocycles. The lowest BCUT2D eigenvalue weighted by atomic mass is 10.2. The first-order valence-electron chi connectivity index (χ1n) is 5.93. The van der Waals surface area contributed by atoms with Gasteiger partial charge in [-0.15, -0.1) is 0 Å². The van der Waals surface area contributed by atoms with Crippen molar-refractivity contribution in [2.24, 2.45) is 0 Å². The van der Waals surface area contributed by atoms with E-state index in [1.807, 2.05) is 24.1 Å². The van der Waals surface area contributed by atoms with Crippen molar-refractivity contribution < 1.29 is 14.7 Å². The van der Waals surface area contributed by atoms with Crippen molar-refractivity contribution >= 4 is 39.6 Å². The highest BCUT2D eigenvalue weighted by atomic mass is 79.9. The zero-order valence-electron chi connectivity index (χ0n) is 11.6. The monoisotopic (exact) mass is 340 g/mol. The van der Waals surface area contributed by atoms with Crippen LogP contribution < -0.4 is 4.90 Å². The molecule has 0 fully saturated rings. The van der Waals surface area contributed by atoms with Crippen molar-refractivity contribution in [3.05, 3.63) is 34.3 Å². The number of aliphatic carboxylic acids is 1. The van der Waals surface area contributed by atoms with Crippen molar-refractivity contribution in [3.8, 4) is 0 Å². The van der Waals surface area contributed by atoms with Gasteiger partial charge in [0, 0.05) is 31.7 Å². The second-order valence-corrected chi connectivity index (χ2v) is 5.38. The third-order valence-corrected chi connectivity index (χ3v) is 3.31. The number of hydrogen-bond donors (Lipinski definition) is 1. The molecule has 0 spiro atoms. The number of anilines is 1. The number of halogens is 1. The molecule has 0 unspecified atom stereocenters. The van der Waals surface area contributed by atoms with Crippen LogP contribution >= 0.6 is 15.9 Å². The van der Waals surface area contributed by atoms with E-state index in [1.54, 1.807) is 20.2 Å². The van der Waals surface area contributed by atoms with E-state index in [-0.39, 0.29) is 12.5 Å². The molecular weight excluding hydrogens is 324 g/mol. The number of rotatable bonds is 5. The Bertz CT molecular complexity index is 541. The quantitative estimate of drug-likeness (QED) is 0.833. The maximum absolute atomic E-state index is 11.7. The van der Waals surface area contributed by atoms with Crippen molar-refractivity contribution in [2.45, 2.75) is 0 Å². The van der Waals surface area contributed by atoms with Gasteiger partial charge in [0.1, 0.15) is 0 Å².